The summed E-state index contributed by atoms with van der Waals surface area (Å²) in [6.07, 6.45) is 0.910. The fraction of sp³-hybridized carbons (Fsp3) is 0.0769. The molecule has 0 atom stereocenters. The number of nitrogen functional groups attached to an aromatic ring is 1. The Labute approximate surface area is 97.7 Å². The fourth-order valence-electron chi connectivity index (χ4n) is 2.00. The number of hydrogen-bond donors (Lipinski definition) is 2. The summed E-state index contributed by atoms with van der Waals surface area (Å²) in [5, 5.41) is 3.33. The molecule has 0 saturated carbocycles. The SMILES string of the molecule is Nc1[nH]c2ccccc2c1Cc1cccs1. The number of para-hydroxylation sites is 1. The minimum atomic E-state index is 0.787. The second-order valence-corrected chi connectivity index (χ2v) is 4.85. The number of anilines is 1. The van der Waals surface area contributed by atoms with Crippen molar-refractivity contribution >= 4 is 28.1 Å². The van der Waals surface area contributed by atoms with Gasteiger partial charge in [-0.25, -0.2) is 0 Å². The van der Waals surface area contributed by atoms with E-state index in [1.54, 1.807) is 11.3 Å². The van der Waals surface area contributed by atoms with Gasteiger partial charge in [0.1, 0.15) is 5.82 Å². The zero-order valence-corrected chi connectivity index (χ0v) is 9.55. The van der Waals surface area contributed by atoms with Crippen LogP contribution >= 0.6 is 11.3 Å². The van der Waals surface area contributed by atoms with Gasteiger partial charge < -0.3 is 10.7 Å². The van der Waals surface area contributed by atoms with Gasteiger partial charge in [0.05, 0.1) is 0 Å². The van der Waals surface area contributed by atoms with Gasteiger partial charge >= 0.3 is 0 Å². The molecule has 80 valence electrons. The predicted octanol–water partition coefficient (Wildman–Crippen LogP) is 3.40. The molecule has 0 unspecified atom stereocenters. The molecule has 0 aliphatic carbocycles. The van der Waals surface area contributed by atoms with Crippen LogP contribution in [-0.2, 0) is 6.42 Å². The maximum Gasteiger partial charge on any atom is 0.105 e. The molecule has 0 spiro atoms. The first kappa shape index (κ1) is 9.48. The van der Waals surface area contributed by atoms with E-state index in [1.807, 2.05) is 12.1 Å². The maximum absolute atomic E-state index is 6.02. The molecule has 16 heavy (non-hydrogen) atoms. The second-order valence-electron chi connectivity index (χ2n) is 3.82. The van der Waals surface area contributed by atoms with E-state index >= 15 is 0 Å². The van der Waals surface area contributed by atoms with Crippen LogP contribution in [0.3, 0.4) is 0 Å². The van der Waals surface area contributed by atoms with Gasteiger partial charge in [-0.15, -0.1) is 11.3 Å². The standard InChI is InChI=1S/C13H12N2S/c14-13-11(8-9-4-3-7-16-9)10-5-1-2-6-12(10)15-13/h1-7,15H,8,14H2. The summed E-state index contributed by atoms with van der Waals surface area (Å²) in [4.78, 5) is 4.57. The normalized spacial score (nSPS) is 11.0. The molecule has 0 bridgehead atoms. The molecule has 3 N–H and O–H groups in total. The van der Waals surface area contributed by atoms with E-state index in [0.29, 0.717) is 0 Å². The van der Waals surface area contributed by atoms with Crippen LogP contribution in [0.25, 0.3) is 10.9 Å². The van der Waals surface area contributed by atoms with Gasteiger partial charge in [0.2, 0.25) is 0 Å². The smallest absolute Gasteiger partial charge is 0.105 e. The Morgan fingerprint density at radius 1 is 1.12 bits per heavy atom. The van der Waals surface area contributed by atoms with Crippen molar-refractivity contribution < 1.29 is 0 Å². The van der Waals surface area contributed by atoms with Gasteiger partial charge in [-0.2, -0.15) is 0 Å². The number of fused-ring (bicyclic) bond motifs is 1. The van der Waals surface area contributed by atoms with Crippen molar-refractivity contribution in [3.05, 3.63) is 52.2 Å². The molecule has 2 heterocycles. The summed E-state index contributed by atoms with van der Waals surface area (Å²) in [6, 6.07) is 12.5. The lowest BCUT2D eigenvalue weighted by Crippen LogP contribution is -1.91. The molecule has 0 aliphatic rings. The number of aromatic nitrogens is 1. The lowest BCUT2D eigenvalue weighted by molar-refractivity contribution is 1.26. The molecule has 2 aromatic heterocycles. The molecule has 0 radical (unpaired) electrons. The van der Waals surface area contributed by atoms with E-state index in [0.717, 1.165) is 17.8 Å². The number of nitrogens with one attached hydrogen (secondary N) is 1. The lowest BCUT2D eigenvalue weighted by atomic mass is 10.1. The summed E-state index contributed by atoms with van der Waals surface area (Å²) in [5.74, 6) is 0.787. The van der Waals surface area contributed by atoms with Crippen molar-refractivity contribution in [2.45, 2.75) is 6.42 Å². The predicted molar refractivity (Wildman–Crippen MR) is 69.8 cm³/mol. The Morgan fingerprint density at radius 3 is 2.81 bits per heavy atom. The number of benzene rings is 1. The third-order valence-electron chi connectivity index (χ3n) is 2.78. The summed E-state index contributed by atoms with van der Waals surface area (Å²) in [6.45, 7) is 0. The highest BCUT2D eigenvalue weighted by atomic mass is 32.1. The molecular weight excluding hydrogens is 216 g/mol. The molecular formula is C13H12N2S. The van der Waals surface area contributed by atoms with E-state index in [4.69, 9.17) is 5.73 Å². The summed E-state index contributed by atoms with van der Waals surface area (Å²) >= 11 is 1.77. The average molecular weight is 228 g/mol. The Bertz CT molecular complexity index is 608. The first-order chi connectivity index (χ1) is 7.84. The van der Waals surface area contributed by atoms with Crippen molar-refractivity contribution in [2.24, 2.45) is 0 Å². The van der Waals surface area contributed by atoms with Gasteiger partial charge in [-0.1, -0.05) is 24.3 Å². The molecule has 1 aromatic carbocycles. The van der Waals surface area contributed by atoms with E-state index < -0.39 is 0 Å². The Balaban J connectivity index is 2.12. The van der Waals surface area contributed by atoms with Gasteiger partial charge in [0.25, 0.3) is 0 Å². The van der Waals surface area contributed by atoms with Gasteiger partial charge in [-0.3, -0.25) is 0 Å². The van der Waals surface area contributed by atoms with Crippen molar-refractivity contribution in [3.8, 4) is 0 Å². The summed E-state index contributed by atoms with van der Waals surface area (Å²) in [7, 11) is 0. The van der Waals surface area contributed by atoms with Crippen LogP contribution in [0.2, 0.25) is 0 Å². The topological polar surface area (TPSA) is 41.8 Å². The fourth-order valence-corrected chi connectivity index (χ4v) is 2.72. The van der Waals surface area contributed by atoms with Crippen LogP contribution in [-0.4, -0.2) is 4.98 Å². The highest BCUT2D eigenvalue weighted by molar-refractivity contribution is 7.09. The Hall–Kier alpha value is -1.74. The van der Waals surface area contributed by atoms with E-state index in [9.17, 15) is 0 Å². The maximum atomic E-state index is 6.02. The van der Waals surface area contributed by atoms with E-state index in [-0.39, 0.29) is 0 Å². The first-order valence-corrected chi connectivity index (χ1v) is 6.10. The zero-order chi connectivity index (χ0) is 11.0. The van der Waals surface area contributed by atoms with Crippen molar-refractivity contribution in [1.82, 2.24) is 4.98 Å². The average Bonchev–Trinajstić information content (AvgIpc) is 2.89. The third kappa shape index (κ3) is 1.49. The van der Waals surface area contributed by atoms with Crippen LogP contribution in [0.15, 0.2) is 41.8 Å². The zero-order valence-electron chi connectivity index (χ0n) is 8.73. The molecule has 3 heteroatoms. The number of aromatic amines is 1. The Kier molecular flexibility index (Phi) is 2.18. The largest absolute Gasteiger partial charge is 0.385 e. The van der Waals surface area contributed by atoms with Crippen LogP contribution in [0.1, 0.15) is 10.4 Å². The monoisotopic (exact) mass is 228 g/mol. The quantitative estimate of drug-likeness (QED) is 0.693. The van der Waals surface area contributed by atoms with Gasteiger partial charge in [0.15, 0.2) is 0 Å². The Morgan fingerprint density at radius 2 is 2.00 bits per heavy atom. The minimum Gasteiger partial charge on any atom is -0.385 e. The van der Waals surface area contributed by atoms with Crippen LogP contribution < -0.4 is 5.73 Å². The van der Waals surface area contributed by atoms with Crippen LogP contribution in [0, 0.1) is 0 Å². The third-order valence-corrected chi connectivity index (χ3v) is 3.65. The van der Waals surface area contributed by atoms with Gasteiger partial charge in [-0.05, 0) is 17.5 Å². The molecule has 3 aromatic rings. The number of rotatable bonds is 2. The molecule has 3 rings (SSSR count). The second kappa shape index (κ2) is 3.68. The molecule has 0 saturated heterocycles. The highest BCUT2D eigenvalue weighted by Gasteiger charge is 2.09. The molecule has 2 nitrogen and oxygen atoms in total. The summed E-state index contributed by atoms with van der Waals surface area (Å²) in [5.41, 5.74) is 8.34. The van der Waals surface area contributed by atoms with Crippen molar-refractivity contribution in [1.29, 1.82) is 0 Å². The summed E-state index contributed by atoms with van der Waals surface area (Å²) < 4.78 is 0. The molecule has 0 fully saturated rings. The number of H-pyrrole nitrogens is 1. The van der Waals surface area contributed by atoms with Crippen molar-refractivity contribution in [3.63, 3.8) is 0 Å². The number of thiophene rings is 1. The van der Waals surface area contributed by atoms with E-state index in [2.05, 4.69) is 34.6 Å². The highest BCUT2D eigenvalue weighted by Crippen LogP contribution is 2.27. The molecule has 0 aliphatic heterocycles. The molecule has 0 amide bonds. The van der Waals surface area contributed by atoms with Crippen molar-refractivity contribution in [2.75, 3.05) is 5.73 Å². The first-order valence-electron chi connectivity index (χ1n) is 5.22. The number of nitrogens with two attached hydrogens (primary N) is 1. The van der Waals surface area contributed by atoms with Gasteiger partial charge in [0, 0.05) is 27.8 Å². The lowest BCUT2D eigenvalue weighted by Gasteiger charge is -1.98. The minimum absolute atomic E-state index is 0.787. The van der Waals surface area contributed by atoms with Crippen LogP contribution in [0.4, 0.5) is 5.82 Å². The van der Waals surface area contributed by atoms with E-state index in [1.165, 1.54) is 15.8 Å². The van der Waals surface area contributed by atoms with Crippen LogP contribution in [0.5, 0.6) is 0 Å². The number of hydrogen-bond acceptors (Lipinski definition) is 2.